The number of esters is 1. The lowest BCUT2D eigenvalue weighted by Gasteiger charge is -2.16. The van der Waals surface area contributed by atoms with Crippen molar-refractivity contribution in [1.29, 1.82) is 0 Å². The molecule has 0 saturated carbocycles. The van der Waals surface area contributed by atoms with Crippen molar-refractivity contribution in [3.8, 4) is 5.75 Å². The van der Waals surface area contributed by atoms with Gasteiger partial charge in [-0.3, -0.25) is 14.4 Å². The van der Waals surface area contributed by atoms with Crippen molar-refractivity contribution in [3.63, 3.8) is 0 Å². The minimum Gasteiger partial charge on any atom is -0.496 e. The highest BCUT2D eigenvalue weighted by molar-refractivity contribution is 5.99. The van der Waals surface area contributed by atoms with E-state index in [9.17, 15) is 14.4 Å². The van der Waals surface area contributed by atoms with Gasteiger partial charge in [-0.05, 0) is 31.9 Å². The molecule has 6 heteroatoms. The van der Waals surface area contributed by atoms with E-state index in [0.717, 1.165) is 0 Å². The molecule has 0 fully saturated rings. The van der Waals surface area contributed by atoms with Crippen LogP contribution < -0.4 is 10.1 Å². The van der Waals surface area contributed by atoms with Crippen LogP contribution in [0.5, 0.6) is 5.75 Å². The Hall–Kier alpha value is -2.37. The van der Waals surface area contributed by atoms with Gasteiger partial charge in [-0.2, -0.15) is 0 Å². The van der Waals surface area contributed by atoms with Crippen molar-refractivity contribution in [2.75, 3.05) is 14.2 Å². The summed E-state index contributed by atoms with van der Waals surface area (Å²) in [4.78, 5) is 35.0. The normalized spacial score (nSPS) is 11.4. The first-order valence-electron chi connectivity index (χ1n) is 7.00. The molecule has 1 amide bonds. The zero-order valence-electron chi connectivity index (χ0n) is 13.0. The molecule has 0 aromatic heterocycles. The van der Waals surface area contributed by atoms with Gasteiger partial charge in [0.1, 0.15) is 5.75 Å². The van der Waals surface area contributed by atoms with Crippen LogP contribution in [0.15, 0.2) is 24.3 Å². The van der Waals surface area contributed by atoms with Gasteiger partial charge < -0.3 is 14.8 Å². The standard InChI is InChI=1S/C16H21NO5/c1-11(18)13(8-6-10-15(19)22-3)17-16(20)12-7-4-5-9-14(12)21-2/h4-5,7,9,13H,6,8,10H2,1-3H3,(H,17,20). The van der Waals surface area contributed by atoms with Crippen LogP contribution in [0.4, 0.5) is 0 Å². The first-order chi connectivity index (χ1) is 10.5. The Morgan fingerprint density at radius 3 is 2.45 bits per heavy atom. The number of ether oxygens (including phenoxy) is 2. The number of rotatable bonds is 8. The molecule has 0 aliphatic heterocycles. The molecule has 22 heavy (non-hydrogen) atoms. The summed E-state index contributed by atoms with van der Waals surface area (Å²) in [5.41, 5.74) is 0.365. The highest BCUT2D eigenvalue weighted by atomic mass is 16.5. The van der Waals surface area contributed by atoms with E-state index in [2.05, 4.69) is 10.1 Å². The number of Topliss-reactive ketones (excluding diaryl/α,β-unsaturated/α-hetero) is 1. The minimum absolute atomic E-state index is 0.159. The molecule has 0 spiro atoms. The van der Waals surface area contributed by atoms with Gasteiger partial charge >= 0.3 is 5.97 Å². The second-order valence-electron chi connectivity index (χ2n) is 4.81. The predicted molar refractivity (Wildman–Crippen MR) is 80.8 cm³/mol. The number of hydrogen-bond acceptors (Lipinski definition) is 5. The number of amides is 1. The molecule has 0 aliphatic rings. The molecule has 1 atom stereocenters. The van der Waals surface area contributed by atoms with Crippen LogP contribution in [0.1, 0.15) is 36.5 Å². The molecular weight excluding hydrogens is 286 g/mol. The molecule has 0 radical (unpaired) electrons. The molecule has 120 valence electrons. The fourth-order valence-corrected chi connectivity index (χ4v) is 2.00. The molecule has 0 aliphatic carbocycles. The summed E-state index contributed by atoms with van der Waals surface area (Å²) in [6.45, 7) is 1.41. The van der Waals surface area contributed by atoms with Gasteiger partial charge in [-0.1, -0.05) is 12.1 Å². The molecular formula is C16H21NO5. The van der Waals surface area contributed by atoms with Crippen molar-refractivity contribution in [3.05, 3.63) is 29.8 Å². The van der Waals surface area contributed by atoms with Crippen LogP contribution in [0, 0.1) is 0 Å². The topological polar surface area (TPSA) is 81.7 Å². The molecule has 0 saturated heterocycles. The number of ketones is 1. The maximum absolute atomic E-state index is 12.3. The van der Waals surface area contributed by atoms with Crippen molar-refractivity contribution in [2.24, 2.45) is 0 Å². The molecule has 1 aromatic rings. The van der Waals surface area contributed by atoms with Crippen LogP contribution in [0.3, 0.4) is 0 Å². The summed E-state index contributed by atoms with van der Waals surface area (Å²) in [5, 5.41) is 2.68. The van der Waals surface area contributed by atoms with E-state index in [4.69, 9.17) is 4.74 Å². The van der Waals surface area contributed by atoms with Gasteiger partial charge in [-0.15, -0.1) is 0 Å². The summed E-state index contributed by atoms with van der Waals surface area (Å²) in [6, 6.07) is 6.14. The summed E-state index contributed by atoms with van der Waals surface area (Å²) < 4.78 is 9.67. The highest BCUT2D eigenvalue weighted by Gasteiger charge is 2.20. The van der Waals surface area contributed by atoms with Crippen LogP contribution in [-0.2, 0) is 14.3 Å². The second kappa shape index (κ2) is 8.81. The third-order valence-electron chi connectivity index (χ3n) is 3.25. The summed E-state index contributed by atoms with van der Waals surface area (Å²) in [5.74, 6) is -0.431. The Balaban J connectivity index is 2.68. The number of para-hydroxylation sites is 1. The molecule has 6 nitrogen and oxygen atoms in total. The maximum Gasteiger partial charge on any atom is 0.305 e. The van der Waals surface area contributed by atoms with Crippen molar-refractivity contribution < 1.29 is 23.9 Å². The zero-order chi connectivity index (χ0) is 16.5. The lowest BCUT2D eigenvalue weighted by Crippen LogP contribution is -2.39. The first-order valence-corrected chi connectivity index (χ1v) is 7.00. The average Bonchev–Trinajstić information content (AvgIpc) is 2.53. The Bertz CT molecular complexity index is 541. The van der Waals surface area contributed by atoms with Crippen molar-refractivity contribution >= 4 is 17.7 Å². The Kier molecular flexibility index (Phi) is 7.08. The van der Waals surface area contributed by atoms with Crippen molar-refractivity contribution in [2.45, 2.75) is 32.2 Å². The lowest BCUT2D eigenvalue weighted by atomic mass is 10.1. The third kappa shape index (κ3) is 5.20. The number of benzene rings is 1. The summed E-state index contributed by atoms with van der Waals surface area (Å²) in [7, 11) is 2.79. The molecule has 0 heterocycles. The number of nitrogens with one attached hydrogen (secondary N) is 1. The molecule has 1 unspecified atom stereocenters. The van der Waals surface area contributed by atoms with Gasteiger partial charge in [0, 0.05) is 6.42 Å². The summed E-state index contributed by atoms with van der Waals surface area (Å²) >= 11 is 0. The van der Waals surface area contributed by atoms with E-state index in [-0.39, 0.29) is 24.1 Å². The largest absolute Gasteiger partial charge is 0.496 e. The first kappa shape index (κ1) is 17.7. The van der Waals surface area contributed by atoms with E-state index < -0.39 is 6.04 Å². The number of methoxy groups -OCH3 is 2. The fraction of sp³-hybridized carbons (Fsp3) is 0.438. The van der Waals surface area contributed by atoms with Crippen LogP contribution in [0.25, 0.3) is 0 Å². The van der Waals surface area contributed by atoms with Crippen molar-refractivity contribution in [1.82, 2.24) is 5.32 Å². The fourth-order valence-electron chi connectivity index (χ4n) is 2.00. The van der Waals surface area contributed by atoms with E-state index in [1.54, 1.807) is 24.3 Å². The van der Waals surface area contributed by atoms with Crippen LogP contribution in [-0.4, -0.2) is 37.9 Å². The van der Waals surface area contributed by atoms with Gasteiger partial charge in [-0.25, -0.2) is 0 Å². The molecule has 1 rings (SSSR count). The number of carbonyl (C=O) groups excluding carboxylic acids is 3. The number of carbonyl (C=O) groups is 3. The Morgan fingerprint density at radius 1 is 1.18 bits per heavy atom. The van der Waals surface area contributed by atoms with Gasteiger partial charge in [0.15, 0.2) is 5.78 Å². The highest BCUT2D eigenvalue weighted by Crippen LogP contribution is 2.17. The smallest absolute Gasteiger partial charge is 0.305 e. The Labute approximate surface area is 129 Å². The zero-order valence-corrected chi connectivity index (χ0v) is 13.0. The Morgan fingerprint density at radius 2 is 1.86 bits per heavy atom. The number of hydrogen-bond donors (Lipinski definition) is 1. The van der Waals surface area contributed by atoms with E-state index >= 15 is 0 Å². The molecule has 0 bridgehead atoms. The average molecular weight is 307 g/mol. The lowest BCUT2D eigenvalue weighted by molar-refractivity contribution is -0.140. The summed E-state index contributed by atoms with van der Waals surface area (Å²) in [6.07, 6.45) is 1.05. The van der Waals surface area contributed by atoms with Gasteiger partial charge in [0.05, 0.1) is 25.8 Å². The van der Waals surface area contributed by atoms with E-state index in [1.807, 2.05) is 0 Å². The van der Waals surface area contributed by atoms with Gasteiger partial charge in [0.25, 0.3) is 5.91 Å². The second-order valence-corrected chi connectivity index (χ2v) is 4.81. The van der Waals surface area contributed by atoms with Crippen LogP contribution in [0.2, 0.25) is 0 Å². The van der Waals surface area contributed by atoms with Crippen LogP contribution >= 0.6 is 0 Å². The van der Waals surface area contributed by atoms with E-state index in [1.165, 1.54) is 21.1 Å². The van der Waals surface area contributed by atoms with Gasteiger partial charge in [0.2, 0.25) is 0 Å². The maximum atomic E-state index is 12.3. The molecule has 1 aromatic carbocycles. The minimum atomic E-state index is -0.637. The monoisotopic (exact) mass is 307 g/mol. The molecule has 1 N–H and O–H groups in total. The third-order valence-corrected chi connectivity index (χ3v) is 3.25. The predicted octanol–water partition coefficient (Wildman–Crippen LogP) is 1.73. The quantitative estimate of drug-likeness (QED) is 0.740. The van der Waals surface area contributed by atoms with E-state index in [0.29, 0.717) is 24.2 Å². The SMILES string of the molecule is COC(=O)CCCC(NC(=O)c1ccccc1OC)C(C)=O.